The van der Waals surface area contributed by atoms with Gasteiger partial charge in [0.25, 0.3) is 5.91 Å². The van der Waals surface area contributed by atoms with E-state index in [2.05, 4.69) is 5.32 Å². The van der Waals surface area contributed by atoms with Crippen LogP contribution in [0.4, 0.5) is 0 Å². The molecule has 0 saturated carbocycles. The summed E-state index contributed by atoms with van der Waals surface area (Å²) >= 11 is 0. The van der Waals surface area contributed by atoms with Crippen molar-refractivity contribution in [3.63, 3.8) is 0 Å². The summed E-state index contributed by atoms with van der Waals surface area (Å²) in [6.07, 6.45) is 0. The van der Waals surface area contributed by atoms with Gasteiger partial charge >= 0.3 is 5.97 Å². The summed E-state index contributed by atoms with van der Waals surface area (Å²) in [5.74, 6) is -0.720. The molecule has 0 aromatic heterocycles. The van der Waals surface area contributed by atoms with Crippen molar-refractivity contribution in [2.45, 2.75) is 6.92 Å². The smallest absolute Gasteiger partial charge is 0.325 e. The number of hydrogen-bond donors (Lipinski definition) is 1. The fourth-order valence-corrected chi connectivity index (χ4v) is 2.03. The van der Waals surface area contributed by atoms with E-state index in [1.165, 1.54) is 0 Å². The SMILES string of the molecule is CCOc1ccc(C(=O)NCC(=O)OCC(=O)c2ccccc2)cc1. The first-order valence-corrected chi connectivity index (χ1v) is 7.85. The van der Waals surface area contributed by atoms with Crippen LogP contribution in [-0.2, 0) is 9.53 Å². The summed E-state index contributed by atoms with van der Waals surface area (Å²) in [5, 5.41) is 2.45. The number of benzene rings is 2. The Hall–Kier alpha value is -3.15. The van der Waals surface area contributed by atoms with Crippen LogP contribution < -0.4 is 10.1 Å². The number of esters is 1. The Labute approximate surface area is 145 Å². The van der Waals surface area contributed by atoms with Gasteiger partial charge in [-0.05, 0) is 31.2 Å². The van der Waals surface area contributed by atoms with Crippen LogP contribution in [0.25, 0.3) is 0 Å². The molecule has 2 aromatic carbocycles. The lowest BCUT2D eigenvalue weighted by Gasteiger charge is -2.07. The molecule has 0 unspecified atom stereocenters. The van der Waals surface area contributed by atoms with Crippen molar-refractivity contribution in [2.75, 3.05) is 19.8 Å². The van der Waals surface area contributed by atoms with E-state index in [-0.39, 0.29) is 18.9 Å². The first-order chi connectivity index (χ1) is 12.1. The molecule has 0 fully saturated rings. The molecule has 0 heterocycles. The van der Waals surface area contributed by atoms with E-state index in [9.17, 15) is 14.4 Å². The van der Waals surface area contributed by atoms with Gasteiger partial charge in [-0.25, -0.2) is 0 Å². The van der Waals surface area contributed by atoms with Crippen molar-refractivity contribution in [1.82, 2.24) is 5.32 Å². The number of amides is 1. The Balaban J connectivity index is 1.75. The van der Waals surface area contributed by atoms with Crippen LogP contribution in [-0.4, -0.2) is 37.4 Å². The van der Waals surface area contributed by atoms with Crippen LogP contribution in [0.3, 0.4) is 0 Å². The molecule has 1 N–H and O–H groups in total. The molecule has 0 radical (unpaired) electrons. The van der Waals surface area contributed by atoms with E-state index < -0.39 is 11.9 Å². The molecule has 0 saturated heterocycles. The summed E-state index contributed by atoms with van der Waals surface area (Å²) in [7, 11) is 0. The molecule has 0 atom stereocenters. The monoisotopic (exact) mass is 341 g/mol. The summed E-state index contributed by atoms with van der Waals surface area (Å²) in [4.78, 5) is 35.4. The molecule has 0 aliphatic heterocycles. The highest BCUT2D eigenvalue weighted by Crippen LogP contribution is 2.11. The third kappa shape index (κ3) is 5.76. The Morgan fingerprint density at radius 2 is 1.60 bits per heavy atom. The Bertz CT molecular complexity index is 725. The summed E-state index contributed by atoms with van der Waals surface area (Å²) in [6.45, 7) is 1.74. The van der Waals surface area contributed by atoms with Gasteiger partial charge < -0.3 is 14.8 Å². The van der Waals surface area contributed by atoms with E-state index in [1.54, 1.807) is 54.6 Å². The molecule has 6 heteroatoms. The molecule has 0 bridgehead atoms. The minimum Gasteiger partial charge on any atom is -0.494 e. The standard InChI is InChI=1S/C19H19NO5/c1-2-24-16-10-8-15(9-11-16)19(23)20-12-18(22)25-13-17(21)14-6-4-3-5-7-14/h3-11H,2,12-13H2,1H3,(H,20,23). The topological polar surface area (TPSA) is 81.7 Å². The second-order valence-corrected chi connectivity index (χ2v) is 5.09. The maximum Gasteiger partial charge on any atom is 0.325 e. The van der Waals surface area contributed by atoms with Crippen LogP contribution in [0.2, 0.25) is 0 Å². The van der Waals surface area contributed by atoms with Crippen molar-refractivity contribution < 1.29 is 23.9 Å². The van der Waals surface area contributed by atoms with E-state index in [0.29, 0.717) is 23.5 Å². The molecule has 2 aromatic rings. The van der Waals surface area contributed by atoms with Crippen molar-refractivity contribution in [3.05, 3.63) is 65.7 Å². The van der Waals surface area contributed by atoms with Crippen LogP contribution in [0.1, 0.15) is 27.6 Å². The molecule has 0 aliphatic rings. The highest BCUT2D eigenvalue weighted by Gasteiger charge is 2.12. The third-order valence-electron chi connectivity index (χ3n) is 3.28. The number of ketones is 1. The van der Waals surface area contributed by atoms with Crippen molar-refractivity contribution in [1.29, 1.82) is 0 Å². The lowest BCUT2D eigenvalue weighted by atomic mass is 10.1. The summed E-state index contributed by atoms with van der Waals surface area (Å²) < 4.78 is 10.2. The van der Waals surface area contributed by atoms with Gasteiger partial charge in [-0.1, -0.05) is 30.3 Å². The second kappa shape index (κ2) is 9.22. The van der Waals surface area contributed by atoms with E-state index >= 15 is 0 Å². The lowest BCUT2D eigenvalue weighted by molar-refractivity contribution is -0.141. The predicted molar refractivity (Wildman–Crippen MR) is 91.7 cm³/mol. The van der Waals surface area contributed by atoms with Crippen molar-refractivity contribution in [3.8, 4) is 5.75 Å². The van der Waals surface area contributed by atoms with Gasteiger partial charge in [0.1, 0.15) is 12.3 Å². The first kappa shape index (κ1) is 18.2. The van der Waals surface area contributed by atoms with Crippen LogP contribution in [0, 0.1) is 0 Å². The number of nitrogens with one attached hydrogen (secondary N) is 1. The number of carbonyl (C=O) groups is 3. The number of hydrogen-bond acceptors (Lipinski definition) is 5. The quantitative estimate of drug-likeness (QED) is 0.588. The zero-order chi connectivity index (χ0) is 18.1. The Morgan fingerprint density at radius 3 is 2.24 bits per heavy atom. The summed E-state index contributed by atoms with van der Waals surface area (Å²) in [5.41, 5.74) is 0.866. The number of Topliss-reactive ketones (excluding diaryl/α,β-unsaturated/α-hetero) is 1. The normalized spacial score (nSPS) is 9.96. The number of rotatable bonds is 8. The average molecular weight is 341 g/mol. The van der Waals surface area contributed by atoms with Gasteiger partial charge in [-0.3, -0.25) is 14.4 Å². The van der Waals surface area contributed by atoms with E-state index in [0.717, 1.165) is 0 Å². The van der Waals surface area contributed by atoms with Crippen LogP contribution in [0.5, 0.6) is 5.75 Å². The minimum atomic E-state index is -0.677. The molecular formula is C19H19NO5. The van der Waals surface area contributed by atoms with Gasteiger partial charge in [0.05, 0.1) is 6.61 Å². The highest BCUT2D eigenvalue weighted by atomic mass is 16.5. The van der Waals surface area contributed by atoms with Crippen LogP contribution in [0.15, 0.2) is 54.6 Å². The predicted octanol–water partition coefficient (Wildman–Crippen LogP) is 2.24. The molecule has 2 rings (SSSR count). The third-order valence-corrected chi connectivity index (χ3v) is 3.28. The maximum absolute atomic E-state index is 12.0. The molecular weight excluding hydrogens is 322 g/mol. The van der Waals surface area contributed by atoms with E-state index in [4.69, 9.17) is 9.47 Å². The molecule has 25 heavy (non-hydrogen) atoms. The zero-order valence-corrected chi connectivity index (χ0v) is 13.9. The lowest BCUT2D eigenvalue weighted by Crippen LogP contribution is -2.31. The van der Waals surface area contributed by atoms with Crippen molar-refractivity contribution in [2.24, 2.45) is 0 Å². The van der Waals surface area contributed by atoms with Gasteiger partial charge in [-0.2, -0.15) is 0 Å². The second-order valence-electron chi connectivity index (χ2n) is 5.09. The molecule has 1 amide bonds. The van der Waals surface area contributed by atoms with Gasteiger partial charge in [0, 0.05) is 11.1 Å². The molecule has 6 nitrogen and oxygen atoms in total. The Kier molecular flexibility index (Phi) is 6.71. The van der Waals surface area contributed by atoms with E-state index in [1.807, 2.05) is 6.92 Å². The largest absolute Gasteiger partial charge is 0.494 e. The molecule has 130 valence electrons. The van der Waals surface area contributed by atoms with Gasteiger partial charge in [0.2, 0.25) is 0 Å². The maximum atomic E-state index is 12.0. The minimum absolute atomic E-state index is 0.299. The Morgan fingerprint density at radius 1 is 0.920 bits per heavy atom. The number of ether oxygens (including phenoxy) is 2. The molecule has 0 spiro atoms. The van der Waals surface area contributed by atoms with Crippen molar-refractivity contribution >= 4 is 17.7 Å². The number of carbonyl (C=O) groups excluding carboxylic acids is 3. The summed E-state index contributed by atoms with van der Waals surface area (Å²) in [6, 6.07) is 15.1. The highest BCUT2D eigenvalue weighted by molar-refractivity contribution is 5.98. The zero-order valence-electron chi connectivity index (χ0n) is 13.9. The molecule has 0 aliphatic carbocycles. The first-order valence-electron chi connectivity index (χ1n) is 7.85. The van der Waals surface area contributed by atoms with Gasteiger partial charge in [0.15, 0.2) is 12.4 Å². The van der Waals surface area contributed by atoms with Gasteiger partial charge in [-0.15, -0.1) is 0 Å². The fraction of sp³-hybridized carbons (Fsp3) is 0.211. The van der Waals surface area contributed by atoms with Crippen LogP contribution >= 0.6 is 0 Å². The average Bonchev–Trinajstić information content (AvgIpc) is 2.65. The fourth-order valence-electron chi connectivity index (χ4n) is 2.03.